The summed E-state index contributed by atoms with van der Waals surface area (Å²) < 4.78 is 0. The van der Waals surface area contributed by atoms with Crippen molar-refractivity contribution in [1.29, 1.82) is 0 Å². The first kappa shape index (κ1) is 10.2. The van der Waals surface area contributed by atoms with Gasteiger partial charge in [0.05, 0.1) is 0 Å². The quantitative estimate of drug-likeness (QED) is 0.833. The molecular formula is C10H7Cl2N3. The molecule has 15 heavy (non-hydrogen) atoms. The Balaban J connectivity index is 2.49. The van der Waals surface area contributed by atoms with E-state index in [1.54, 1.807) is 30.6 Å². The predicted molar refractivity (Wildman–Crippen MR) is 61.9 cm³/mol. The molecule has 3 nitrogen and oxygen atoms in total. The van der Waals surface area contributed by atoms with Crippen molar-refractivity contribution in [3.05, 3.63) is 40.6 Å². The molecule has 0 saturated heterocycles. The number of nitrogens with two attached hydrogens (primary N) is 1. The fourth-order valence-electron chi connectivity index (χ4n) is 1.21. The highest BCUT2D eigenvalue weighted by Gasteiger charge is 2.02. The van der Waals surface area contributed by atoms with E-state index in [-0.39, 0.29) is 5.95 Å². The average molecular weight is 240 g/mol. The Morgan fingerprint density at radius 2 is 1.40 bits per heavy atom. The first-order valence-corrected chi connectivity index (χ1v) is 4.95. The molecule has 0 saturated carbocycles. The third kappa shape index (κ3) is 2.37. The summed E-state index contributed by atoms with van der Waals surface area (Å²) in [5, 5.41) is 1.16. The van der Waals surface area contributed by atoms with Gasteiger partial charge in [0.15, 0.2) is 0 Å². The van der Waals surface area contributed by atoms with Crippen LogP contribution in [-0.2, 0) is 0 Å². The molecule has 0 atom stereocenters. The molecule has 2 rings (SSSR count). The van der Waals surface area contributed by atoms with Gasteiger partial charge in [-0.25, -0.2) is 9.97 Å². The van der Waals surface area contributed by atoms with Gasteiger partial charge in [-0.15, -0.1) is 0 Å². The molecule has 0 amide bonds. The van der Waals surface area contributed by atoms with Gasteiger partial charge in [0.1, 0.15) is 0 Å². The van der Waals surface area contributed by atoms with Crippen LogP contribution in [0.4, 0.5) is 5.95 Å². The van der Waals surface area contributed by atoms with Crippen molar-refractivity contribution in [2.45, 2.75) is 0 Å². The van der Waals surface area contributed by atoms with Crippen molar-refractivity contribution >= 4 is 29.2 Å². The fraction of sp³-hybridized carbons (Fsp3) is 0. The molecule has 1 heterocycles. The van der Waals surface area contributed by atoms with Gasteiger partial charge in [-0.2, -0.15) is 0 Å². The van der Waals surface area contributed by atoms with Crippen LogP contribution < -0.4 is 5.73 Å². The van der Waals surface area contributed by atoms with E-state index in [2.05, 4.69) is 9.97 Å². The fourth-order valence-corrected chi connectivity index (χ4v) is 1.73. The van der Waals surface area contributed by atoms with Gasteiger partial charge in [0.2, 0.25) is 5.95 Å². The highest BCUT2D eigenvalue weighted by Crippen LogP contribution is 2.26. The van der Waals surface area contributed by atoms with Gasteiger partial charge in [-0.3, -0.25) is 0 Å². The summed E-state index contributed by atoms with van der Waals surface area (Å²) in [7, 11) is 0. The van der Waals surface area contributed by atoms with Crippen LogP contribution in [0.1, 0.15) is 0 Å². The Labute approximate surface area is 96.9 Å². The lowest BCUT2D eigenvalue weighted by Crippen LogP contribution is -1.93. The lowest BCUT2D eigenvalue weighted by atomic mass is 10.1. The van der Waals surface area contributed by atoms with E-state index in [4.69, 9.17) is 28.9 Å². The topological polar surface area (TPSA) is 51.8 Å². The molecule has 0 aliphatic rings. The number of halogens is 2. The minimum Gasteiger partial charge on any atom is -0.368 e. The number of aromatic nitrogens is 2. The van der Waals surface area contributed by atoms with E-state index in [1.165, 1.54) is 0 Å². The highest BCUT2D eigenvalue weighted by atomic mass is 35.5. The highest BCUT2D eigenvalue weighted by molar-refractivity contribution is 6.35. The van der Waals surface area contributed by atoms with Crippen molar-refractivity contribution in [3.63, 3.8) is 0 Å². The minimum atomic E-state index is 0.242. The first-order valence-electron chi connectivity index (χ1n) is 4.19. The largest absolute Gasteiger partial charge is 0.368 e. The van der Waals surface area contributed by atoms with E-state index in [9.17, 15) is 0 Å². The smallest absolute Gasteiger partial charge is 0.219 e. The number of nitrogens with zero attached hydrogens (tertiary/aromatic N) is 2. The van der Waals surface area contributed by atoms with Gasteiger partial charge in [0.25, 0.3) is 0 Å². The van der Waals surface area contributed by atoms with Crippen LogP contribution in [0.5, 0.6) is 0 Å². The summed E-state index contributed by atoms with van der Waals surface area (Å²) in [5.41, 5.74) is 7.09. The van der Waals surface area contributed by atoms with Gasteiger partial charge >= 0.3 is 0 Å². The zero-order chi connectivity index (χ0) is 10.8. The van der Waals surface area contributed by atoms with E-state index in [0.717, 1.165) is 11.1 Å². The number of hydrogen-bond acceptors (Lipinski definition) is 3. The van der Waals surface area contributed by atoms with Crippen molar-refractivity contribution < 1.29 is 0 Å². The van der Waals surface area contributed by atoms with Crippen molar-refractivity contribution in [2.24, 2.45) is 0 Å². The summed E-state index contributed by atoms with van der Waals surface area (Å²) >= 11 is 11.8. The molecule has 0 aliphatic heterocycles. The molecule has 5 heteroatoms. The van der Waals surface area contributed by atoms with E-state index in [0.29, 0.717) is 10.0 Å². The zero-order valence-corrected chi connectivity index (χ0v) is 9.13. The normalized spacial score (nSPS) is 10.3. The second-order valence-corrected chi connectivity index (χ2v) is 3.86. The average Bonchev–Trinajstić information content (AvgIpc) is 2.17. The molecular weight excluding hydrogens is 233 g/mol. The van der Waals surface area contributed by atoms with Crippen LogP contribution in [0, 0.1) is 0 Å². The lowest BCUT2D eigenvalue weighted by molar-refractivity contribution is 1.19. The minimum absolute atomic E-state index is 0.242. The molecule has 2 N–H and O–H groups in total. The van der Waals surface area contributed by atoms with E-state index >= 15 is 0 Å². The van der Waals surface area contributed by atoms with Gasteiger partial charge in [0, 0.05) is 28.0 Å². The van der Waals surface area contributed by atoms with Gasteiger partial charge in [-0.05, 0) is 23.8 Å². The van der Waals surface area contributed by atoms with Crippen molar-refractivity contribution in [1.82, 2.24) is 9.97 Å². The molecule has 76 valence electrons. The van der Waals surface area contributed by atoms with Gasteiger partial charge < -0.3 is 5.73 Å². The molecule has 0 radical (unpaired) electrons. The number of anilines is 1. The predicted octanol–water partition coefficient (Wildman–Crippen LogP) is 3.03. The SMILES string of the molecule is Nc1ncc(-c2cc(Cl)cc(Cl)c2)cn1. The molecule has 0 unspecified atom stereocenters. The molecule has 0 spiro atoms. The number of rotatable bonds is 1. The van der Waals surface area contributed by atoms with E-state index in [1.807, 2.05) is 0 Å². The Morgan fingerprint density at radius 3 is 1.93 bits per heavy atom. The lowest BCUT2D eigenvalue weighted by Gasteiger charge is -2.02. The Hall–Kier alpha value is -1.32. The number of nitrogen functional groups attached to an aromatic ring is 1. The monoisotopic (exact) mass is 239 g/mol. The van der Waals surface area contributed by atoms with Crippen LogP contribution in [0.3, 0.4) is 0 Å². The Bertz CT molecular complexity index is 462. The number of benzene rings is 1. The van der Waals surface area contributed by atoms with Crippen molar-refractivity contribution in [3.8, 4) is 11.1 Å². The molecule has 0 aliphatic carbocycles. The maximum Gasteiger partial charge on any atom is 0.219 e. The summed E-state index contributed by atoms with van der Waals surface area (Å²) in [4.78, 5) is 7.79. The van der Waals surface area contributed by atoms with Gasteiger partial charge in [-0.1, -0.05) is 23.2 Å². The van der Waals surface area contributed by atoms with Crippen LogP contribution in [0.15, 0.2) is 30.6 Å². The third-order valence-electron chi connectivity index (χ3n) is 1.87. The summed E-state index contributed by atoms with van der Waals surface area (Å²) in [6.07, 6.45) is 3.26. The molecule has 1 aromatic carbocycles. The number of hydrogen-bond donors (Lipinski definition) is 1. The zero-order valence-electron chi connectivity index (χ0n) is 7.61. The Kier molecular flexibility index (Phi) is 2.75. The molecule has 0 bridgehead atoms. The molecule has 0 fully saturated rings. The Morgan fingerprint density at radius 1 is 0.867 bits per heavy atom. The summed E-state index contributed by atoms with van der Waals surface area (Å²) in [5.74, 6) is 0.242. The van der Waals surface area contributed by atoms with Crippen LogP contribution in [0.25, 0.3) is 11.1 Å². The molecule has 1 aromatic heterocycles. The molecule has 2 aromatic rings. The third-order valence-corrected chi connectivity index (χ3v) is 2.30. The van der Waals surface area contributed by atoms with E-state index < -0.39 is 0 Å². The summed E-state index contributed by atoms with van der Waals surface area (Å²) in [6.45, 7) is 0. The summed E-state index contributed by atoms with van der Waals surface area (Å²) in [6, 6.07) is 5.26. The first-order chi connectivity index (χ1) is 7.15. The van der Waals surface area contributed by atoms with Crippen LogP contribution in [0.2, 0.25) is 10.0 Å². The maximum atomic E-state index is 5.88. The van der Waals surface area contributed by atoms with Crippen LogP contribution in [-0.4, -0.2) is 9.97 Å². The van der Waals surface area contributed by atoms with Crippen molar-refractivity contribution in [2.75, 3.05) is 5.73 Å². The maximum absolute atomic E-state index is 5.88. The second kappa shape index (κ2) is 4.04. The van der Waals surface area contributed by atoms with Crippen LogP contribution >= 0.6 is 23.2 Å². The standard InChI is InChI=1S/C10H7Cl2N3/c11-8-1-6(2-9(12)3-8)7-4-14-10(13)15-5-7/h1-5H,(H2,13,14,15). The second-order valence-electron chi connectivity index (χ2n) is 2.99.